The molecule has 5 rings (SSSR count). The molecule has 3 aromatic rings. The number of aromatic nitrogens is 2. The summed E-state index contributed by atoms with van der Waals surface area (Å²) in [4.78, 5) is 38.2. The summed E-state index contributed by atoms with van der Waals surface area (Å²) in [6.07, 6.45) is 25.8. The van der Waals surface area contributed by atoms with Gasteiger partial charge in [-0.3, -0.25) is 13.8 Å². The van der Waals surface area contributed by atoms with Crippen LogP contribution in [-0.2, 0) is 36.9 Å². The number of ether oxygens (including phenoxy) is 3. The zero-order valence-electron chi connectivity index (χ0n) is 41.3. The van der Waals surface area contributed by atoms with E-state index in [1.54, 1.807) is 31.4 Å². The predicted octanol–water partition coefficient (Wildman–Crippen LogP) is 8.97. The van der Waals surface area contributed by atoms with Gasteiger partial charge in [0.2, 0.25) is 11.9 Å². The van der Waals surface area contributed by atoms with Crippen LogP contribution in [-0.4, -0.2) is 107 Å². The number of carbonyl (C=O) groups excluding carboxylic acids is 2. The number of benzene rings is 2. The molecule has 2 aliphatic heterocycles. The van der Waals surface area contributed by atoms with E-state index in [1.165, 1.54) is 83.5 Å². The third kappa shape index (κ3) is 19.7. The maximum absolute atomic E-state index is 13.1. The van der Waals surface area contributed by atoms with E-state index in [9.17, 15) is 18.0 Å². The van der Waals surface area contributed by atoms with Crippen LogP contribution < -0.4 is 31.2 Å². The van der Waals surface area contributed by atoms with Gasteiger partial charge in [-0.2, -0.15) is 8.42 Å². The van der Waals surface area contributed by atoms with Crippen molar-refractivity contribution in [2.24, 2.45) is 11.5 Å². The van der Waals surface area contributed by atoms with Crippen LogP contribution in [0.1, 0.15) is 150 Å². The second-order valence-corrected chi connectivity index (χ2v) is 20.0. The molecule has 17 heteroatoms. The molecule has 0 aliphatic carbocycles. The second-order valence-electron chi connectivity index (χ2n) is 17.9. The molecular weight excluding hydrogens is 906 g/mol. The molecule has 2 amide bonds. The van der Waals surface area contributed by atoms with E-state index in [0.29, 0.717) is 72.1 Å². The SMILES string of the molecule is CCCCCCCCCCCCCCCCNC(=O)[C@@H](N)CCCCN.COc1ccc(CN(c2ncc(Cl)c(-c3ccc4c(c3)C(=O)N(CCOS(C)(=O)=O)C4)n2)C2CCOCC2)c(OC)c1. The van der Waals surface area contributed by atoms with E-state index < -0.39 is 10.1 Å². The monoisotopic (exact) mass is 986 g/mol. The number of rotatable bonds is 31. The topological polar surface area (TPSA) is 202 Å². The number of methoxy groups -OCH3 is 2. The number of halogens is 1. The van der Waals surface area contributed by atoms with Crippen molar-refractivity contribution >= 4 is 39.5 Å². The Kier molecular flexibility index (Phi) is 26.0. The quantitative estimate of drug-likeness (QED) is 0.0408. The van der Waals surface area contributed by atoms with Gasteiger partial charge in [0.15, 0.2) is 0 Å². The molecule has 380 valence electrons. The molecule has 15 nitrogen and oxygen atoms in total. The van der Waals surface area contributed by atoms with Gasteiger partial charge in [0, 0.05) is 68.2 Å². The summed E-state index contributed by atoms with van der Waals surface area (Å²) < 4.78 is 44.1. The van der Waals surface area contributed by atoms with Crippen LogP contribution >= 0.6 is 11.6 Å². The average molecular weight is 987 g/mol. The number of amides is 2. The first kappa shape index (κ1) is 56.5. The fourth-order valence-electron chi connectivity index (χ4n) is 8.51. The van der Waals surface area contributed by atoms with Crippen molar-refractivity contribution in [3.05, 3.63) is 64.3 Å². The summed E-state index contributed by atoms with van der Waals surface area (Å²) >= 11 is 6.62. The Balaban J connectivity index is 0.000000336. The molecule has 3 heterocycles. The maximum atomic E-state index is 13.1. The van der Waals surface area contributed by atoms with Crippen molar-refractivity contribution in [3.8, 4) is 22.8 Å². The molecule has 0 unspecified atom stereocenters. The number of hydrogen-bond acceptors (Lipinski definition) is 13. The highest BCUT2D eigenvalue weighted by Gasteiger charge is 2.30. The molecule has 1 atom stereocenters. The van der Waals surface area contributed by atoms with Gasteiger partial charge in [0.1, 0.15) is 11.5 Å². The lowest BCUT2D eigenvalue weighted by Crippen LogP contribution is -2.40. The summed E-state index contributed by atoms with van der Waals surface area (Å²) in [5.41, 5.74) is 14.8. The largest absolute Gasteiger partial charge is 0.497 e. The summed E-state index contributed by atoms with van der Waals surface area (Å²) in [6, 6.07) is 11.0. The van der Waals surface area contributed by atoms with E-state index in [2.05, 4.69) is 22.1 Å². The number of anilines is 1. The highest BCUT2D eigenvalue weighted by atomic mass is 35.5. The smallest absolute Gasteiger partial charge is 0.264 e. The van der Waals surface area contributed by atoms with Gasteiger partial charge in [-0.15, -0.1) is 0 Å². The number of nitrogens with two attached hydrogens (primary N) is 2. The summed E-state index contributed by atoms with van der Waals surface area (Å²) in [6.45, 7) is 5.90. The highest BCUT2D eigenvalue weighted by Crippen LogP contribution is 2.34. The van der Waals surface area contributed by atoms with Gasteiger partial charge >= 0.3 is 0 Å². The first-order valence-electron chi connectivity index (χ1n) is 25.0. The second kappa shape index (κ2) is 31.2. The van der Waals surface area contributed by atoms with Crippen LogP contribution in [0.3, 0.4) is 0 Å². The fourth-order valence-corrected chi connectivity index (χ4v) is 9.09. The lowest BCUT2D eigenvalue weighted by atomic mass is 10.0. The van der Waals surface area contributed by atoms with Crippen molar-refractivity contribution in [3.63, 3.8) is 0 Å². The van der Waals surface area contributed by atoms with Gasteiger partial charge in [0.05, 0.1) is 50.0 Å². The Hall–Kier alpha value is -4.06. The van der Waals surface area contributed by atoms with Crippen LogP contribution in [0.5, 0.6) is 11.5 Å². The van der Waals surface area contributed by atoms with E-state index in [4.69, 9.17) is 46.4 Å². The summed E-state index contributed by atoms with van der Waals surface area (Å²) in [7, 11) is -0.343. The van der Waals surface area contributed by atoms with E-state index in [1.807, 2.05) is 30.3 Å². The number of carbonyl (C=O) groups is 2. The molecule has 0 spiro atoms. The molecular formula is C51H80ClN7O8S. The Labute approximate surface area is 411 Å². The number of nitrogens with zero attached hydrogens (tertiary/aromatic N) is 4. The van der Waals surface area contributed by atoms with E-state index in [0.717, 1.165) is 62.5 Å². The third-order valence-electron chi connectivity index (χ3n) is 12.5. The normalized spacial score (nSPS) is 14.3. The summed E-state index contributed by atoms with van der Waals surface area (Å²) in [5.74, 6) is 1.70. The van der Waals surface area contributed by atoms with Crippen molar-refractivity contribution in [2.75, 3.05) is 64.8 Å². The number of hydrogen-bond donors (Lipinski definition) is 3. The molecule has 2 aliphatic rings. The maximum Gasteiger partial charge on any atom is 0.264 e. The van der Waals surface area contributed by atoms with Crippen LogP contribution in [0.2, 0.25) is 5.02 Å². The molecule has 2 aromatic carbocycles. The van der Waals surface area contributed by atoms with Crippen molar-refractivity contribution in [2.45, 2.75) is 154 Å². The third-order valence-corrected chi connectivity index (χ3v) is 13.4. The molecule has 1 saturated heterocycles. The van der Waals surface area contributed by atoms with Gasteiger partial charge in [-0.25, -0.2) is 9.97 Å². The minimum absolute atomic E-state index is 0.00304. The molecule has 0 saturated carbocycles. The molecule has 68 heavy (non-hydrogen) atoms. The zero-order chi connectivity index (χ0) is 49.2. The van der Waals surface area contributed by atoms with Crippen LogP contribution in [0, 0.1) is 0 Å². The van der Waals surface area contributed by atoms with Crippen LogP contribution in [0.4, 0.5) is 5.95 Å². The van der Waals surface area contributed by atoms with E-state index >= 15 is 0 Å². The molecule has 1 aromatic heterocycles. The van der Waals surface area contributed by atoms with Gasteiger partial charge in [-0.1, -0.05) is 121 Å². The standard InChI is InChI=1S/C29H33ClN4O7S.C22H47N3O/c1-38-23-7-6-21(26(15-23)39-2)18-34(22-8-11-40-12-9-22)29-31-16-25(30)27(32-29)19-4-5-20-17-33(28(35)24(20)14-19)10-13-41-42(3,36)37;1-2-3-4-5-6-7-8-9-10-11-12-13-14-17-20-25-22(26)21(24)18-15-16-19-23/h4-7,14-16,22H,8-13,17-18H2,1-3H3;21H,2-20,23-24H2,1H3,(H,25,26)/t;21-/m.0/s1. The Morgan fingerprint density at radius 1 is 0.926 bits per heavy atom. The van der Waals surface area contributed by atoms with Crippen molar-refractivity contribution in [1.82, 2.24) is 20.2 Å². The Morgan fingerprint density at radius 3 is 2.21 bits per heavy atom. The molecule has 1 fully saturated rings. The van der Waals surface area contributed by atoms with Gasteiger partial charge in [0.25, 0.3) is 16.0 Å². The van der Waals surface area contributed by atoms with E-state index in [-0.39, 0.29) is 37.0 Å². The number of unbranched alkanes of at least 4 members (excludes halogenated alkanes) is 14. The zero-order valence-corrected chi connectivity index (χ0v) is 42.9. The van der Waals surface area contributed by atoms with Crippen molar-refractivity contribution in [1.29, 1.82) is 0 Å². The van der Waals surface area contributed by atoms with Crippen LogP contribution in [0.15, 0.2) is 42.6 Å². The number of fused-ring (bicyclic) bond motifs is 1. The van der Waals surface area contributed by atoms with Gasteiger partial charge in [-0.05, 0) is 62.4 Å². The first-order chi connectivity index (χ1) is 32.9. The van der Waals surface area contributed by atoms with Crippen molar-refractivity contribution < 1.29 is 36.4 Å². The highest BCUT2D eigenvalue weighted by molar-refractivity contribution is 7.85. The average Bonchev–Trinajstić information content (AvgIpc) is 3.65. The Bertz CT molecular complexity index is 2070. The van der Waals surface area contributed by atoms with Gasteiger partial charge < -0.3 is 40.8 Å². The Morgan fingerprint density at radius 2 is 1.59 bits per heavy atom. The minimum atomic E-state index is -3.59. The molecule has 5 N–H and O–H groups in total. The lowest BCUT2D eigenvalue weighted by Gasteiger charge is -2.35. The lowest BCUT2D eigenvalue weighted by molar-refractivity contribution is -0.122. The molecule has 0 bridgehead atoms. The van der Waals surface area contributed by atoms with Crippen LogP contribution in [0.25, 0.3) is 11.3 Å². The molecule has 0 radical (unpaired) electrons. The first-order valence-corrected chi connectivity index (χ1v) is 27.2. The predicted molar refractivity (Wildman–Crippen MR) is 272 cm³/mol. The summed E-state index contributed by atoms with van der Waals surface area (Å²) in [5, 5.41) is 3.32. The minimum Gasteiger partial charge on any atom is -0.497 e. The fraction of sp³-hybridized carbons (Fsp3) is 0.647. The number of nitrogens with one attached hydrogen (secondary N) is 1.